The average Bonchev–Trinajstić information content (AvgIpc) is 2.47. The predicted molar refractivity (Wildman–Crippen MR) is 60.4 cm³/mol. The van der Waals surface area contributed by atoms with Crippen LogP contribution in [0.3, 0.4) is 0 Å². The average molecular weight is 207 g/mol. The molecule has 0 N–H and O–H groups in total. The summed E-state index contributed by atoms with van der Waals surface area (Å²) in [5.41, 5.74) is 3.67. The highest BCUT2D eigenvalue weighted by atomic mass is 28.3. The monoisotopic (exact) mass is 207 g/mol. The van der Waals surface area contributed by atoms with Crippen LogP contribution in [0.1, 0.15) is 17.0 Å². The van der Waals surface area contributed by atoms with E-state index in [0.717, 1.165) is 12.3 Å². The second-order valence-corrected chi connectivity index (χ2v) is 10.0. The van der Waals surface area contributed by atoms with Crippen LogP contribution in [0.5, 0.6) is 0 Å². The van der Waals surface area contributed by atoms with Crippen LogP contribution in [-0.2, 0) is 18.0 Å². The maximum absolute atomic E-state index is 5.47. The van der Waals surface area contributed by atoms with E-state index in [1.54, 1.807) is 0 Å². The fourth-order valence-electron chi connectivity index (χ4n) is 1.96. The van der Waals surface area contributed by atoms with E-state index in [1.165, 1.54) is 16.4 Å². The third kappa shape index (κ3) is 1.62. The van der Waals surface area contributed by atoms with Crippen LogP contribution in [-0.4, -0.2) is 13.1 Å². The van der Waals surface area contributed by atoms with E-state index >= 15 is 0 Å². The van der Waals surface area contributed by atoms with Gasteiger partial charge in [0, 0.05) is 11.3 Å². The van der Waals surface area contributed by atoms with Crippen LogP contribution in [0.15, 0.2) is 6.07 Å². The molecule has 0 atom stereocenters. The minimum absolute atomic E-state index is 0.703. The molecule has 0 aromatic carbocycles. The van der Waals surface area contributed by atoms with Crippen molar-refractivity contribution in [3.05, 3.63) is 23.0 Å². The molecule has 0 fully saturated rings. The number of hydrogen-bond acceptors (Lipinski definition) is 2. The Balaban J connectivity index is 2.60. The molecule has 0 amide bonds. The van der Waals surface area contributed by atoms with Gasteiger partial charge < -0.3 is 4.74 Å². The minimum atomic E-state index is -1.24. The molecule has 2 heterocycles. The molecule has 1 aromatic rings. The number of rotatable bonds is 1. The molecular weight excluding hydrogens is 190 g/mol. The zero-order valence-electron chi connectivity index (χ0n) is 9.35. The fourth-order valence-corrected chi connectivity index (χ4v) is 3.73. The van der Waals surface area contributed by atoms with Crippen molar-refractivity contribution in [3.8, 4) is 0 Å². The summed E-state index contributed by atoms with van der Waals surface area (Å²) in [5, 5.41) is 1.53. The SMILES string of the molecule is Cc1cc([Si](C)(C)C)c2c(n1)COC2. The Morgan fingerprint density at radius 1 is 1.29 bits per heavy atom. The first-order chi connectivity index (χ1) is 6.48. The third-order valence-corrected chi connectivity index (χ3v) is 4.69. The first-order valence-electron chi connectivity index (χ1n) is 5.06. The third-order valence-electron chi connectivity index (χ3n) is 2.63. The summed E-state index contributed by atoms with van der Waals surface area (Å²) in [6.07, 6.45) is 0. The molecule has 0 spiro atoms. The van der Waals surface area contributed by atoms with Gasteiger partial charge in [-0.05, 0) is 13.0 Å². The lowest BCUT2D eigenvalue weighted by Gasteiger charge is -2.20. The van der Waals surface area contributed by atoms with Crippen LogP contribution < -0.4 is 5.19 Å². The van der Waals surface area contributed by atoms with Gasteiger partial charge in [0.15, 0.2) is 0 Å². The fraction of sp³-hybridized carbons (Fsp3) is 0.545. The van der Waals surface area contributed by atoms with Gasteiger partial charge in [0.1, 0.15) is 0 Å². The Bertz CT molecular complexity index is 368. The number of nitrogens with zero attached hydrogens (tertiary/aromatic N) is 1. The van der Waals surface area contributed by atoms with Gasteiger partial charge in [-0.1, -0.05) is 24.8 Å². The van der Waals surface area contributed by atoms with Crippen molar-refractivity contribution in [2.75, 3.05) is 0 Å². The van der Waals surface area contributed by atoms with Crippen LogP contribution in [0.2, 0.25) is 19.6 Å². The van der Waals surface area contributed by atoms with E-state index in [9.17, 15) is 0 Å². The number of aryl methyl sites for hydroxylation is 1. The molecule has 1 aliphatic rings. The smallest absolute Gasteiger partial charge is 0.0896 e. The number of ether oxygens (including phenoxy) is 1. The number of aromatic nitrogens is 1. The molecule has 0 aliphatic carbocycles. The molecule has 14 heavy (non-hydrogen) atoms. The molecule has 2 nitrogen and oxygen atoms in total. The van der Waals surface area contributed by atoms with Crippen molar-refractivity contribution in [2.24, 2.45) is 0 Å². The summed E-state index contributed by atoms with van der Waals surface area (Å²) in [6, 6.07) is 2.25. The summed E-state index contributed by atoms with van der Waals surface area (Å²) in [6.45, 7) is 10.7. The van der Waals surface area contributed by atoms with E-state index in [2.05, 4.69) is 37.6 Å². The number of pyridine rings is 1. The van der Waals surface area contributed by atoms with E-state index in [4.69, 9.17) is 4.74 Å². The zero-order valence-corrected chi connectivity index (χ0v) is 10.3. The quantitative estimate of drug-likeness (QED) is 0.657. The molecular formula is C11H17NOSi. The Hall–Kier alpha value is -0.673. The summed E-state index contributed by atoms with van der Waals surface area (Å²) >= 11 is 0. The van der Waals surface area contributed by atoms with E-state index < -0.39 is 8.07 Å². The van der Waals surface area contributed by atoms with Gasteiger partial charge >= 0.3 is 0 Å². The number of fused-ring (bicyclic) bond motifs is 1. The molecule has 1 aromatic heterocycles. The molecule has 3 heteroatoms. The van der Waals surface area contributed by atoms with Crippen LogP contribution >= 0.6 is 0 Å². The normalized spacial score (nSPS) is 15.7. The maximum atomic E-state index is 5.47. The van der Waals surface area contributed by atoms with Crippen molar-refractivity contribution < 1.29 is 4.74 Å². The molecule has 0 saturated heterocycles. The van der Waals surface area contributed by atoms with Gasteiger partial charge in [-0.25, -0.2) is 0 Å². The summed E-state index contributed by atoms with van der Waals surface area (Å²) in [5.74, 6) is 0. The van der Waals surface area contributed by atoms with Crippen molar-refractivity contribution in [3.63, 3.8) is 0 Å². The lowest BCUT2D eigenvalue weighted by atomic mass is 10.2. The van der Waals surface area contributed by atoms with Crippen LogP contribution in [0, 0.1) is 6.92 Å². The Morgan fingerprint density at radius 2 is 2.00 bits per heavy atom. The van der Waals surface area contributed by atoms with Gasteiger partial charge in [-0.3, -0.25) is 4.98 Å². The van der Waals surface area contributed by atoms with Gasteiger partial charge in [0.2, 0.25) is 0 Å². The van der Waals surface area contributed by atoms with Crippen molar-refractivity contribution in [1.29, 1.82) is 0 Å². The molecule has 0 radical (unpaired) electrons. The predicted octanol–water partition coefficient (Wildman–Crippen LogP) is 1.97. The van der Waals surface area contributed by atoms with Crippen LogP contribution in [0.4, 0.5) is 0 Å². The second kappa shape index (κ2) is 3.17. The first-order valence-corrected chi connectivity index (χ1v) is 8.56. The summed E-state index contributed by atoms with van der Waals surface area (Å²) in [4.78, 5) is 4.53. The van der Waals surface area contributed by atoms with Crippen molar-refractivity contribution in [2.45, 2.75) is 39.8 Å². The molecule has 0 unspecified atom stereocenters. The zero-order chi connectivity index (χ0) is 10.3. The Morgan fingerprint density at radius 3 is 2.64 bits per heavy atom. The number of hydrogen-bond donors (Lipinski definition) is 0. The minimum Gasteiger partial charge on any atom is -0.370 e. The molecule has 0 saturated carbocycles. The van der Waals surface area contributed by atoms with E-state index in [0.29, 0.717) is 6.61 Å². The largest absolute Gasteiger partial charge is 0.370 e. The van der Waals surface area contributed by atoms with Gasteiger partial charge in [-0.2, -0.15) is 0 Å². The lowest BCUT2D eigenvalue weighted by molar-refractivity contribution is 0.133. The Labute approximate surface area is 86.3 Å². The molecule has 1 aliphatic heterocycles. The maximum Gasteiger partial charge on any atom is 0.0896 e. The van der Waals surface area contributed by atoms with E-state index in [-0.39, 0.29) is 0 Å². The second-order valence-electron chi connectivity index (χ2n) is 4.98. The Kier molecular flexibility index (Phi) is 2.24. The van der Waals surface area contributed by atoms with Crippen molar-refractivity contribution >= 4 is 13.3 Å². The molecule has 0 bridgehead atoms. The topological polar surface area (TPSA) is 22.1 Å². The van der Waals surface area contributed by atoms with Crippen molar-refractivity contribution in [1.82, 2.24) is 4.98 Å². The highest BCUT2D eigenvalue weighted by Gasteiger charge is 2.25. The highest BCUT2D eigenvalue weighted by Crippen LogP contribution is 2.19. The summed E-state index contributed by atoms with van der Waals surface area (Å²) < 4.78 is 5.47. The molecule has 76 valence electrons. The highest BCUT2D eigenvalue weighted by molar-refractivity contribution is 6.89. The lowest BCUT2D eigenvalue weighted by Crippen LogP contribution is -2.40. The summed E-state index contributed by atoms with van der Waals surface area (Å²) in [7, 11) is -1.24. The first kappa shape index (κ1) is 9.87. The van der Waals surface area contributed by atoms with Crippen LogP contribution in [0.25, 0.3) is 0 Å². The standard InChI is InChI=1S/C11H17NOSi/c1-8-5-11(14(2,3)4)9-6-13-7-10(9)12-8/h5H,6-7H2,1-4H3. The van der Waals surface area contributed by atoms with Gasteiger partial charge in [0.25, 0.3) is 0 Å². The van der Waals surface area contributed by atoms with E-state index in [1.807, 2.05) is 0 Å². The molecule has 2 rings (SSSR count). The van der Waals surface area contributed by atoms with Gasteiger partial charge in [-0.15, -0.1) is 0 Å². The van der Waals surface area contributed by atoms with Gasteiger partial charge in [0.05, 0.1) is 27.0 Å².